The minimum absolute atomic E-state index is 0.00683. The van der Waals surface area contributed by atoms with Gasteiger partial charge in [-0.2, -0.15) is 13.2 Å². The molecule has 0 saturated carbocycles. The van der Waals surface area contributed by atoms with Crippen LogP contribution in [0.1, 0.15) is 22.7 Å². The van der Waals surface area contributed by atoms with Gasteiger partial charge in [0.2, 0.25) is 0 Å². The summed E-state index contributed by atoms with van der Waals surface area (Å²) in [5.74, 6) is -0.733. The molecule has 1 aliphatic heterocycles. The van der Waals surface area contributed by atoms with E-state index in [-0.39, 0.29) is 36.0 Å². The number of rotatable bonds is 8. The van der Waals surface area contributed by atoms with Crippen LogP contribution in [-0.2, 0) is 17.4 Å². The number of carbonyl (C=O) groups is 1. The topological polar surface area (TPSA) is 71.0 Å². The third-order valence-electron chi connectivity index (χ3n) is 5.88. The summed E-state index contributed by atoms with van der Waals surface area (Å²) in [5.41, 5.74) is 0.0990. The van der Waals surface area contributed by atoms with Gasteiger partial charge in [-0.05, 0) is 36.2 Å². The van der Waals surface area contributed by atoms with Crippen LogP contribution in [0.2, 0.25) is 5.02 Å². The first-order valence-electron chi connectivity index (χ1n) is 11.3. The number of hydrogen-bond donors (Lipinski definition) is 2. The molecule has 4 rings (SSSR count). The zero-order valence-electron chi connectivity index (χ0n) is 19.6. The van der Waals surface area contributed by atoms with Crippen LogP contribution in [0, 0.1) is 5.82 Å². The monoisotopic (exact) mass is 538 g/mol. The maximum absolute atomic E-state index is 15.0. The summed E-state index contributed by atoms with van der Waals surface area (Å²) in [5, 5.41) is 12.2. The molecule has 1 heterocycles. The molecule has 1 atom stereocenters. The first-order chi connectivity index (χ1) is 17.6. The van der Waals surface area contributed by atoms with Gasteiger partial charge in [0.15, 0.2) is 0 Å². The summed E-state index contributed by atoms with van der Waals surface area (Å²) in [6.45, 7) is -0.0932. The Kier molecular flexibility index (Phi) is 7.79. The first-order valence-corrected chi connectivity index (χ1v) is 11.6. The third kappa shape index (κ3) is 5.91. The van der Waals surface area contributed by atoms with Crippen LogP contribution in [0.5, 0.6) is 11.5 Å². The molecule has 37 heavy (non-hydrogen) atoms. The van der Waals surface area contributed by atoms with Crippen LogP contribution >= 0.6 is 11.6 Å². The average Bonchev–Trinajstić information content (AvgIpc) is 3.29. The van der Waals surface area contributed by atoms with E-state index < -0.39 is 29.5 Å². The predicted molar refractivity (Wildman–Crippen MR) is 131 cm³/mol. The van der Waals surface area contributed by atoms with E-state index >= 15 is 4.39 Å². The Balaban J connectivity index is 1.75. The summed E-state index contributed by atoms with van der Waals surface area (Å²) in [6.07, 6.45) is -4.23. The number of amides is 1. The second-order valence-corrected chi connectivity index (χ2v) is 8.73. The molecule has 11 heteroatoms. The molecular formula is C26H23ClF4N2O4. The van der Waals surface area contributed by atoms with Crippen LogP contribution in [0.3, 0.4) is 0 Å². The van der Waals surface area contributed by atoms with E-state index in [1.165, 1.54) is 36.3 Å². The Hall–Kier alpha value is -3.50. The van der Waals surface area contributed by atoms with Crippen LogP contribution in [0.4, 0.5) is 28.9 Å². The molecule has 3 aromatic carbocycles. The Morgan fingerprint density at radius 3 is 2.57 bits per heavy atom. The summed E-state index contributed by atoms with van der Waals surface area (Å²) in [7, 11) is 1.43. The summed E-state index contributed by atoms with van der Waals surface area (Å²) in [6, 6.07) is 10.4. The Labute approximate surface area is 215 Å². The zero-order chi connectivity index (χ0) is 26.7. The number of alkyl halides is 3. The number of anilines is 2. The van der Waals surface area contributed by atoms with E-state index in [4.69, 9.17) is 26.2 Å². The quantitative estimate of drug-likeness (QED) is 0.364. The molecule has 0 aromatic heterocycles. The largest absolute Gasteiger partial charge is 0.497 e. The van der Waals surface area contributed by atoms with Crippen molar-refractivity contribution in [3.63, 3.8) is 0 Å². The Morgan fingerprint density at radius 1 is 1.14 bits per heavy atom. The van der Waals surface area contributed by atoms with Gasteiger partial charge in [-0.1, -0.05) is 23.7 Å². The lowest BCUT2D eigenvalue weighted by Gasteiger charge is -2.27. The minimum Gasteiger partial charge on any atom is -0.497 e. The number of hydrogen-bond acceptors (Lipinski definition) is 5. The van der Waals surface area contributed by atoms with Gasteiger partial charge in [0.1, 0.15) is 30.0 Å². The van der Waals surface area contributed by atoms with Crippen molar-refractivity contribution in [3.8, 4) is 11.5 Å². The van der Waals surface area contributed by atoms with Gasteiger partial charge >= 0.3 is 6.18 Å². The summed E-state index contributed by atoms with van der Waals surface area (Å²) in [4.78, 5) is 15.0. The van der Waals surface area contributed by atoms with Gasteiger partial charge in [-0.15, -0.1) is 0 Å². The minimum atomic E-state index is -4.59. The third-order valence-corrected chi connectivity index (χ3v) is 6.12. The fourth-order valence-corrected chi connectivity index (χ4v) is 4.29. The lowest BCUT2D eigenvalue weighted by Crippen LogP contribution is -2.37. The van der Waals surface area contributed by atoms with Gasteiger partial charge in [0, 0.05) is 46.7 Å². The summed E-state index contributed by atoms with van der Waals surface area (Å²) < 4.78 is 65.9. The highest BCUT2D eigenvalue weighted by molar-refractivity contribution is 6.30. The summed E-state index contributed by atoms with van der Waals surface area (Å²) >= 11 is 5.91. The maximum atomic E-state index is 15.0. The van der Waals surface area contributed by atoms with Gasteiger partial charge in [-0.3, -0.25) is 4.79 Å². The van der Waals surface area contributed by atoms with Gasteiger partial charge in [0.25, 0.3) is 5.91 Å². The van der Waals surface area contributed by atoms with Crippen molar-refractivity contribution in [2.45, 2.75) is 18.6 Å². The Bertz CT molecular complexity index is 1300. The van der Waals surface area contributed by atoms with E-state index in [1.54, 1.807) is 12.1 Å². The van der Waals surface area contributed by atoms with Crippen LogP contribution in [0.15, 0.2) is 54.6 Å². The normalized spacial score (nSPS) is 13.8. The van der Waals surface area contributed by atoms with Crippen LogP contribution in [-0.4, -0.2) is 37.9 Å². The van der Waals surface area contributed by atoms with Crippen molar-refractivity contribution < 1.29 is 36.9 Å². The fraction of sp³-hybridized carbons (Fsp3) is 0.269. The van der Waals surface area contributed by atoms with Gasteiger partial charge in [0.05, 0.1) is 19.3 Å². The SMILES string of the molecule is COc1cc(NC(C(=O)N2CCc3ccc(C(F)(F)F)cc32)c2ccc(Cl)cc2F)cc(OCCO)c1. The highest BCUT2D eigenvalue weighted by Gasteiger charge is 2.36. The van der Waals surface area contributed by atoms with E-state index in [2.05, 4.69) is 5.32 Å². The molecule has 2 N–H and O–H groups in total. The second-order valence-electron chi connectivity index (χ2n) is 8.29. The van der Waals surface area contributed by atoms with Crippen molar-refractivity contribution in [1.82, 2.24) is 0 Å². The number of carbonyl (C=O) groups excluding carboxylic acids is 1. The highest BCUT2D eigenvalue weighted by Crippen LogP contribution is 2.38. The van der Waals surface area contributed by atoms with Gasteiger partial charge in [-0.25, -0.2) is 4.39 Å². The maximum Gasteiger partial charge on any atom is 0.416 e. The van der Waals surface area contributed by atoms with Crippen molar-refractivity contribution in [3.05, 3.63) is 82.1 Å². The highest BCUT2D eigenvalue weighted by atomic mass is 35.5. The molecule has 0 aliphatic carbocycles. The lowest BCUT2D eigenvalue weighted by molar-refractivity contribution is -0.137. The van der Waals surface area contributed by atoms with Crippen molar-refractivity contribution >= 4 is 28.9 Å². The molecule has 0 radical (unpaired) electrons. The predicted octanol–water partition coefficient (Wildman–Crippen LogP) is 5.62. The number of halogens is 5. The average molecular weight is 539 g/mol. The molecule has 0 spiro atoms. The van der Waals surface area contributed by atoms with Gasteiger partial charge < -0.3 is 24.8 Å². The molecule has 1 aliphatic rings. The molecule has 0 bridgehead atoms. The Morgan fingerprint density at radius 2 is 1.89 bits per heavy atom. The fourth-order valence-electron chi connectivity index (χ4n) is 4.13. The van der Waals surface area contributed by atoms with E-state index in [0.29, 0.717) is 29.2 Å². The number of methoxy groups -OCH3 is 1. The number of benzene rings is 3. The number of nitrogens with one attached hydrogen (secondary N) is 1. The number of nitrogens with zero attached hydrogens (tertiary/aromatic N) is 1. The number of fused-ring (bicyclic) bond motifs is 1. The molecule has 196 valence electrons. The zero-order valence-corrected chi connectivity index (χ0v) is 20.4. The van der Waals surface area contributed by atoms with E-state index in [0.717, 1.165) is 18.2 Å². The van der Waals surface area contributed by atoms with Crippen LogP contribution < -0.4 is 19.7 Å². The molecule has 1 unspecified atom stereocenters. The van der Waals surface area contributed by atoms with E-state index in [9.17, 15) is 18.0 Å². The molecule has 1 amide bonds. The smallest absolute Gasteiger partial charge is 0.416 e. The van der Waals surface area contributed by atoms with Crippen molar-refractivity contribution in [2.24, 2.45) is 0 Å². The first kappa shape index (κ1) is 26.6. The molecule has 0 fully saturated rings. The number of aliphatic hydroxyl groups is 1. The lowest BCUT2D eigenvalue weighted by atomic mass is 10.0. The number of ether oxygens (including phenoxy) is 2. The van der Waals surface area contributed by atoms with Crippen molar-refractivity contribution in [2.75, 3.05) is 37.1 Å². The molecule has 0 saturated heterocycles. The van der Waals surface area contributed by atoms with E-state index in [1.807, 2.05) is 0 Å². The standard InChI is InChI=1S/C26H23ClF4N2O4/c1-36-19-12-18(13-20(14-19)37-9-8-34)32-24(21-5-4-17(27)11-22(21)28)25(35)33-7-6-15-2-3-16(10-23(15)33)26(29,30)31/h2-5,10-14,24,32,34H,6-9H2,1H3. The van der Waals surface area contributed by atoms with Crippen molar-refractivity contribution in [1.29, 1.82) is 0 Å². The second kappa shape index (κ2) is 10.9. The molecule has 6 nitrogen and oxygen atoms in total. The molecular weight excluding hydrogens is 516 g/mol. The molecule has 3 aromatic rings. The number of aliphatic hydroxyl groups excluding tert-OH is 1. The van der Waals surface area contributed by atoms with Crippen LogP contribution in [0.25, 0.3) is 0 Å².